The Kier molecular flexibility index (Phi) is 10.6. The molecule has 1 unspecified atom stereocenters. The van der Waals surface area contributed by atoms with Crippen molar-refractivity contribution in [3.8, 4) is 0 Å². The molecular weight excluding hydrogens is 370 g/mol. The topological polar surface area (TPSA) is 107 Å². The predicted molar refractivity (Wildman–Crippen MR) is 98.4 cm³/mol. The van der Waals surface area contributed by atoms with Gasteiger partial charge in [0.15, 0.2) is 0 Å². The number of carbonyl (C=O) groups excluding carboxylic acids is 1. The minimum atomic E-state index is -3.26. The number of aliphatic carboxylic acids is 1. The summed E-state index contributed by atoms with van der Waals surface area (Å²) in [6.07, 6.45) is 4.02. The SMILES string of the molecule is CC(C)N(CCCNC(=O)CN1CCCCC1C(=O)O)S(C)(=O)=O.Cl. The number of rotatable bonds is 9. The van der Waals surface area contributed by atoms with Crippen LogP contribution in [0.1, 0.15) is 39.5 Å². The summed E-state index contributed by atoms with van der Waals surface area (Å²) in [5.41, 5.74) is 0. The highest BCUT2D eigenvalue weighted by molar-refractivity contribution is 7.88. The van der Waals surface area contributed by atoms with E-state index in [0.717, 1.165) is 12.8 Å². The van der Waals surface area contributed by atoms with E-state index >= 15 is 0 Å². The number of piperidine rings is 1. The van der Waals surface area contributed by atoms with Crippen molar-refractivity contribution in [3.63, 3.8) is 0 Å². The Labute approximate surface area is 156 Å². The third-order valence-electron chi connectivity index (χ3n) is 4.12. The monoisotopic (exact) mass is 399 g/mol. The number of halogens is 1. The van der Waals surface area contributed by atoms with Crippen molar-refractivity contribution in [1.82, 2.24) is 14.5 Å². The van der Waals surface area contributed by atoms with E-state index in [4.69, 9.17) is 0 Å². The Hall–Kier alpha value is -0.900. The smallest absolute Gasteiger partial charge is 0.320 e. The number of nitrogens with zero attached hydrogens (tertiary/aromatic N) is 2. The van der Waals surface area contributed by atoms with Gasteiger partial charge in [-0.3, -0.25) is 14.5 Å². The van der Waals surface area contributed by atoms with Crippen LogP contribution >= 0.6 is 12.4 Å². The second-order valence-electron chi connectivity index (χ2n) is 6.49. The maximum Gasteiger partial charge on any atom is 0.320 e. The van der Waals surface area contributed by atoms with Crippen LogP contribution in [0.4, 0.5) is 0 Å². The summed E-state index contributed by atoms with van der Waals surface area (Å²) in [5, 5.41) is 11.9. The molecule has 10 heteroatoms. The zero-order valence-corrected chi connectivity index (χ0v) is 16.7. The van der Waals surface area contributed by atoms with Gasteiger partial charge in [-0.1, -0.05) is 6.42 Å². The van der Waals surface area contributed by atoms with Crippen molar-refractivity contribution in [2.24, 2.45) is 0 Å². The number of carbonyl (C=O) groups is 2. The van der Waals surface area contributed by atoms with Crippen molar-refractivity contribution < 1.29 is 23.1 Å². The van der Waals surface area contributed by atoms with E-state index in [0.29, 0.717) is 32.5 Å². The molecule has 0 saturated carbocycles. The molecule has 0 aromatic rings. The van der Waals surface area contributed by atoms with E-state index in [-0.39, 0.29) is 30.9 Å². The molecule has 1 aliphatic heterocycles. The summed E-state index contributed by atoms with van der Waals surface area (Å²) >= 11 is 0. The van der Waals surface area contributed by atoms with E-state index in [1.54, 1.807) is 4.90 Å². The van der Waals surface area contributed by atoms with Crippen LogP contribution in [0.3, 0.4) is 0 Å². The van der Waals surface area contributed by atoms with Gasteiger partial charge in [-0.05, 0) is 39.7 Å². The lowest BCUT2D eigenvalue weighted by molar-refractivity contribution is -0.145. The maximum atomic E-state index is 12.0. The molecule has 1 amide bonds. The number of hydrogen-bond acceptors (Lipinski definition) is 5. The van der Waals surface area contributed by atoms with Crippen molar-refractivity contribution >= 4 is 34.3 Å². The first-order valence-electron chi connectivity index (χ1n) is 8.33. The molecule has 2 N–H and O–H groups in total. The van der Waals surface area contributed by atoms with Gasteiger partial charge in [0.2, 0.25) is 15.9 Å². The summed E-state index contributed by atoms with van der Waals surface area (Å²) in [5.74, 6) is -1.11. The molecule has 1 atom stereocenters. The Morgan fingerprint density at radius 2 is 1.96 bits per heavy atom. The van der Waals surface area contributed by atoms with E-state index in [1.807, 2.05) is 13.8 Å². The standard InChI is InChI=1S/C15H29N3O5S.ClH/c1-12(2)18(24(3,22)23)10-6-8-16-14(19)11-17-9-5-4-7-13(17)15(20)21;/h12-13H,4-11H2,1-3H3,(H,16,19)(H,20,21);1H. The Bertz CT molecular complexity index is 541. The van der Waals surface area contributed by atoms with Gasteiger partial charge in [0.25, 0.3) is 0 Å². The second-order valence-corrected chi connectivity index (χ2v) is 8.43. The molecule has 0 aliphatic carbocycles. The summed E-state index contributed by atoms with van der Waals surface area (Å²) in [7, 11) is -3.26. The van der Waals surface area contributed by atoms with Gasteiger partial charge in [0.05, 0.1) is 12.8 Å². The lowest BCUT2D eigenvalue weighted by Gasteiger charge is -2.32. The van der Waals surface area contributed by atoms with Crippen LogP contribution in [-0.4, -0.2) is 79.1 Å². The Morgan fingerprint density at radius 1 is 1.32 bits per heavy atom. The van der Waals surface area contributed by atoms with Crippen LogP contribution in [0.15, 0.2) is 0 Å². The summed E-state index contributed by atoms with van der Waals surface area (Å²) in [6, 6.07) is -0.716. The fraction of sp³-hybridized carbons (Fsp3) is 0.867. The van der Waals surface area contributed by atoms with E-state index in [9.17, 15) is 23.1 Å². The molecule has 0 spiro atoms. The highest BCUT2D eigenvalue weighted by atomic mass is 35.5. The van der Waals surface area contributed by atoms with Crippen LogP contribution < -0.4 is 5.32 Å². The quantitative estimate of drug-likeness (QED) is 0.547. The Morgan fingerprint density at radius 3 is 2.48 bits per heavy atom. The number of amides is 1. The van der Waals surface area contributed by atoms with Crippen molar-refractivity contribution in [1.29, 1.82) is 0 Å². The zero-order chi connectivity index (χ0) is 18.3. The van der Waals surface area contributed by atoms with Gasteiger partial charge in [-0.15, -0.1) is 12.4 Å². The van der Waals surface area contributed by atoms with Gasteiger partial charge in [0, 0.05) is 19.1 Å². The van der Waals surface area contributed by atoms with Crippen molar-refractivity contribution in [2.75, 3.05) is 32.4 Å². The number of carboxylic acid groups (broad SMARTS) is 1. The summed E-state index contributed by atoms with van der Waals surface area (Å²) < 4.78 is 24.7. The molecule has 1 rings (SSSR count). The minimum absolute atomic E-state index is 0. The molecule has 148 valence electrons. The molecule has 1 saturated heterocycles. The average molecular weight is 400 g/mol. The molecule has 1 aliphatic rings. The summed E-state index contributed by atoms with van der Waals surface area (Å²) in [4.78, 5) is 24.9. The number of hydrogen-bond donors (Lipinski definition) is 2. The van der Waals surface area contributed by atoms with Crippen LogP contribution in [0.5, 0.6) is 0 Å². The molecular formula is C15H30ClN3O5S. The normalized spacial score (nSPS) is 18.8. The van der Waals surface area contributed by atoms with E-state index < -0.39 is 22.0 Å². The molecule has 1 fully saturated rings. The molecule has 0 radical (unpaired) electrons. The number of sulfonamides is 1. The minimum Gasteiger partial charge on any atom is -0.480 e. The van der Waals surface area contributed by atoms with E-state index in [2.05, 4.69) is 5.32 Å². The molecule has 1 heterocycles. The largest absolute Gasteiger partial charge is 0.480 e. The number of carboxylic acids is 1. The van der Waals surface area contributed by atoms with Crippen molar-refractivity contribution in [3.05, 3.63) is 0 Å². The lowest BCUT2D eigenvalue weighted by Crippen LogP contribution is -2.49. The highest BCUT2D eigenvalue weighted by Crippen LogP contribution is 2.16. The van der Waals surface area contributed by atoms with Gasteiger partial charge in [0.1, 0.15) is 6.04 Å². The second kappa shape index (κ2) is 10.9. The fourth-order valence-electron chi connectivity index (χ4n) is 2.97. The van der Waals surface area contributed by atoms with Gasteiger partial charge < -0.3 is 10.4 Å². The highest BCUT2D eigenvalue weighted by Gasteiger charge is 2.29. The van der Waals surface area contributed by atoms with Crippen LogP contribution in [0, 0.1) is 0 Å². The van der Waals surface area contributed by atoms with Crippen molar-refractivity contribution in [2.45, 2.75) is 51.6 Å². The maximum absolute atomic E-state index is 12.0. The molecule has 0 aromatic carbocycles. The van der Waals surface area contributed by atoms with Gasteiger partial charge >= 0.3 is 5.97 Å². The average Bonchev–Trinajstić information content (AvgIpc) is 2.45. The molecule has 25 heavy (non-hydrogen) atoms. The van der Waals surface area contributed by atoms with Crippen LogP contribution in [0.2, 0.25) is 0 Å². The van der Waals surface area contributed by atoms with E-state index in [1.165, 1.54) is 10.6 Å². The van der Waals surface area contributed by atoms with Gasteiger partial charge in [-0.25, -0.2) is 8.42 Å². The first kappa shape index (κ1) is 24.1. The third-order valence-corrected chi connectivity index (χ3v) is 5.58. The summed E-state index contributed by atoms with van der Waals surface area (Å²) in [6.45, 7) is 5.00. The number of likely N-dealkylation sites (tertiary alicyclic amines) is 1. The van der Waals surface area contributed by atoms with Gasteiger partial charge in [-0.2, -0.15) is 4.31 Å². The lowest BCUT2D eigenvalue weighted by atomic mass is 10.0. The van der Waals surface area contributed by atoms with Crippen LogP contribution in [-0.2, 0) is 19.6 Å². The predicted octanol–water partition coefficient (Wildman–Crippen LogP) is 0.524. The third kappa shape index (κ3) is 8.35. The first-order valence-corrected chi connectivity index (χ1v) is 10.2. The molecule has 0 bridgehead atoms. The Balaban J connectivity index is 0.00000576. The first-order chi connectivity index (χ1) is 11.1. The molecule has 0 aromatic heterocycles. The van der Waals surface area contributed by atoms with Crippen LogP contribution in [0.25, 0.3) is 0 Å². The molecule has 8 nitrogen and oxygen atoms in total. The fourth-order valence-corrected chi connectivity index (χ4v) is 4.20. The zero-order valence-electron chi connectivity index (χ0n) is 15.1. The number of nitrogens with one attached hydrogen (secondary N) is 1.